The quantitative estimate of drug-likeness (QED) is 0.898. The summed E-state index contributed by atoms with van der Waals surface area (Å²) in [6.07, 6.45) is 1.19. The summed E-state index contributed by atoms with van der Waals surface area (Å²) in [7, 11) is 0. The fraction of sp³-hybridized carbons (Fsp3) is 0.625. The van der Waals surface area contributed by atoms with E-state index in [-0.39, 0.29) is 11.9 Å². The Hall–Kier alpha value is -0.930. The summed E-state index contributed by atoms with van der Waals surface area (Å²) in [5.41, 5.74) is 1.07. The van der Waals surface area contributed by atoms with E-state index in [0.717, 1.165) is 25.2 Å². The summed E-state index contributed by atoms with van der Waals surface area (Å²) < 4.78 is 13.3. The monoisotopic (exact) mass is 264 g/mol. The summed E-state index contributed by atoms with van der Waals surface area (Å²) in [4.78, 5) is 2.46. The average molecular weight is 264 g/mol. The maximum absolute atomic E-state index is 13.3. The van der Waals surface area contributed by atoms with Crippen molar-refractivity contribution in [1.29, 1.82) is 0 Å². The maximum Gasteiger partial charge on any atom is 0.123 e. The molecule has 1 fully saturated rings. The fourth-order valence-electron chi connectivity index (χ4n) is 2.80. The lowest BCUT2D eigenvalue weighted by molar-refractivity contribution is 0.130. The van der Waals surface area contributed by atoms with Gasteiger partial charge in [-0.2, -0.15) is 0 Å². The van der Waals surface area contributed by atoms with Crippen LogP contribution in [0.5, 0.6) is 0 Å². The van der Waals surface area contributed by atoms with Gasteiger partial charge in [0.05, 0.1) is 0 Å². The van der Waals surface area contributed by atoms with Crippen LogP contribution in [0.4, 0.5) is 4.39 Å². The van der Waals surface area contributed by atoms with Crippen molar-refractivity contribution in [1.82, 2.24) is 10.2 Å². The number of nitrogens with one attached hydrogen (secondary N) is 1. The number of hydrogen-bond acceptors (Lipinski definition) is 2. The van der Waals surface area contributed by atoms with Crippen molar-refractivity contribution >= 4 is 0 Å². The molecule has 0 radical (unpaired) electrons. The Bertz CT molecular complexity index is 407. The zero-order valence-corrected chi connectivity index (χ0v) is 12.2. The zero-order valence-electron chi connectivity index (χ0n) is 12.2. The fourth-order valence-corrected chi connectivity index (χ4v) is 2.80. The molecule has 1 aromatic rings. The molecule has 1 aliphatic rings. The molecule has 0 amide bonds. The highest BCUT2D eigenvalue weighted by atomic mass is 19.1. The molecule has 3 heteroatoms. The number of rotatable bonds is 4. The third-order valence-corrected chi connectivity index (χ3v) is 4.45. The first-order valence-electron chi connectivity index (χ1n) is 7.34. The van der Waals surface area contributed by atoms with Gasteiger partial charge in [-0.15, -0.1) is 0 Å². The Morgan fingerprint density at radius 3 is 2.89 bits per heavy atom. The van der Waals surface area contributed by atoms with E-state index in [4.69, 9.17) is 0 Å². The molecular weight excluding hydrogens is 239 g/mol. The number of hydrogen-bond donors (Lipinski definition) is 1. The molecule has 1 saturated heterocycles. The second-order valence-corrected chi connectivity index (χ2v) is 5.67. The molecule has 3 atom stereocenters. The highest BCUT2D eigenvalue weighted by Gasteiger charge is 2.26. The second kappa shape index (κ2) is 6.49. The lowest BCUT2D eigenvalue weighted by atomic mass is 9.95. The molecule has 0 bridgehead atoms. The predicted octanol–water partition coefficient (Wildman–Crippen LogP) is 3.21. The van der Waals surface area contributed by atoms with Gasteiger partial charge in [0.15, 0.2) is 0 Å². The molecule has 0 saturated carbocycles. The molecule has 1 heterocycles. The van der Waals surface area contributed by atoms with Crippen molar-refractivity contribution in [3.8, 4) is 0 Å². The summed E-state index contributed by atoms with van der Waals surface area (Å²) in [5.74, 6) is 0.542. The van der Waals surface area contributed by atoms with Gasteiger partial charge in [0.1, 0.15) is 5.82 Å². The molecule has 0 spiro atoms. The van der Waals surface area contributed by atoms with Crippen molar-refractivity contribution in [2.45, 2.75) is 39.3 Å². The molecule has 1 N–H and O–H groups in total. The predicted molar refractivity (Wildman–Crippen MR) is 77.6 cm³/mol. The van der Waals surface area contributed by atoms with Gasteiger partial charge in [-0.3, -0.25) is 4.90 Å². The van der Waals surface area contributed by atoms with Crippen molar-refractivity contribution in [3.05, 3.63) is 35.6 Å². The summed E-state index contributed by atoms with van der Waals surface area (Å²) >= 11 is 0. The topological polar surface area (TPSA) is 15.3 Å². The van der Waals surface area contributed by atoms with Crippen LogP contribution in [0.2, 0.25) is 0 Å². The Kier molecular flexibility index (Phi) is 4.94. The van der Waals surface area contributed by atoms with E-state index < -0.39 is 0 Å². The van der Waals surface area contributed by atoms with E-state index in [1.54, 1.807) is 12.1 Å². The van der Waals surface area contributed by atoms with Crippen molar-refractivity contribution < 1.29 is 4.39 Å². The maximum atomic E-state index is 13.3. The summed E-state index contributed by atoms with van der Waals surface area (Å²) in [6.45, 7) is 9.81. The number of nitrogens with zero attached hydrogens (tertiary/aromatic N) is 1. The number of benzene rings is 1. The van der Waals surface area contributed by atoms with Gasteiger partial charge in [0, 0.05) is 31.7 Å². The van der Waals surface area contributed by atoms with Crippen molar-refractivity contribution in [2.24, 2.45) is 5.92 Å². The molecule has 2 nitrogen and oxygen atoms in total. The van der Waals surface area contributed by atoms with E-state index in [9.17, 15) is 4.39 Å². The SMILES string of the molecule is CCC(C)C1CN(C(C)c2cccc(F)c2)CCN1. The first-order chi connectivity index (χ1) is 9.11. The third kappa shape index (κ3) is 3.54. The van der Waals surface area contributed by atoms with Crippen LogP contribution >= 0.6 is 0 Å². The highest BCUT2D eigenvalue weighted by molar-refractivity contribution is 5.20. The normalized spacial score (nSPS) is 24.1. The molecule has 0 aromatic heterocycles. The standard InChI is InChI=1S/C16H25FN2/c1-4-12(2)16-11-19(9-8-18-16)13(3)14-6-5-7-15(17)10-14/h5-7,10,12-13,16,18H,4,8-9,11H2,1-3H3. The Balaban J connectivity index is 2.04. The smallest absolute Gasteiger partial charge is 0.123 e. The van der Waals surface area contributed by atoms with Crippen LogP contribution in [-0.2, 0) is 0 Å². The Morgan fingerprint density at radius 2 is 2.21 bits per heavy atom. The first-order valence-corrected chi connectivity index (χ1v) is 7.34. The van der Waals surface area contributed by atoms with Crippen LogP contribution < -0.4 is 5.32 Å². The van der Waals surface area contributed by atoms with Crippen LogP contribution in [0.1, 0.15) is 38.8 Å². The van der Waals surface area contributed by atoms with Gasteiger partial charge in [0.2, 0.25) is 0 Å². The summed E-state index contributed by atoms with van der Waals surface area (Å²) in [6, 6.07) is 7.82. The van der Waals surface area contributed by atoms with Crippen LogP contribution in [-0.4, -0.2) is 30.6 Å². The molecule has 1 aromatic carbocycles. The molecular formula is C16H25FN2. The van der Waals surface area contributed by atoms with Gasteiger partial charge in [-0.25, -0.2) is 4.39 Å². The molecule has 1 aliphatic heterocycles. The van der Waals surface area contributed by atoms with Gasteiger partial charge >= 0.3 is 0 Å². The average Bonchev–Trinajstić information content (AvgIpc) is 2.45. The molecule has 3 unspecified atom stereocenters. The number of halogens is 1. The molecule has 2 rings (SSSR count). The van der Waals surface area contributed by atoms with Gasteiger partial charge < -0.3 is 5.32 Å². The van der Waals surface area contributed by atoms with Gasteiger partial charge in [-0.1, -0.05) is 32.4 Å². The third-order valence-electron chi connectivity index (χ3n) is 4.45. The van der Waals surface area contributed by atoms with E-state index in [1.807, 2.05) is 6.07 Å². The minimum Gasteiger partial charge on any atom is -0.311 e. The minimum atomic E-state index is -0.141. The lowest BCUT2D eigenvalue weighted by Gasteiger charge is -2.39. The van der Waals surface area contributed by atoms with Gasteiger partial charge in [-0.05, 0) is 30.5 Å². The van der Waals surface area contributed by atoms with Crippen LogP contribution in [0, 0.1) is 11.7 Å². The van der Waals surface area contributed by atoms with E-state index in [0.29, 0.717) is 12.0 Å². The van der Waals surface area contributed by atoms with E-state index in [1.165, 1.54) is 12.5 Å². The van der Waals surface area contributed by atoms with E-state index >= 15 is 0 Å². The minimum absolute atomic E-state index is 0.141. The van der Waals surface area contributed by atoms with Gasteiger partial charge in [0.25, 0.3) is 0 Å². The van der Waals surface area contributed by atoms with Crippen LogP contribution in [0.3, 0.4) is 0 Å². The molecule has 19 heavy (non-hydrogen) atoms. The zero-order chi connectivity index (χ0) is 13.8. The first kappa shape index (κ1) is 14.5. The summed E-state index contributed by atoms with van der Waals surface area (Å²) in [5, 5.41) is 3.60. The van der Waals surface area contributed by atoms with Crippen molar-refractivity contribution in [2.75, 3.05) is 19.6 Å². The Labute approximate surface area is 116 Å². The second-order valence-electron chi connectivity index (χ2n) is 5.67. The molecule has 106 valence electrons. The van der Waals surface area contributed by atoms with Crippen molar-refractivity contribution in [3.63, 3.8) is 0 Å². The van der Waals surface area contributed by atoms with Crippen LogP contribution in [0.25, 0.3) is 0 Å². The Morgan fingerprint density at radius 1 is 1.42 bits per heavy atom. The molecule has 0 aliphatic carbocycles. The van der Waals surface area contributed by atoms with Crippen LogP contribution in [0.15, 0.2) is 24.3 Å². The highest BCUT2D eigenvalue weighted by Crippen LogP contribution is 2.23. The lowest BCUT2D eigenvalue weighted by Crippen LogP contribution is -2.53. The van der Waals surface area contributed by atoms with E-state index in [2.05, 4.69) is 31.0 Å². The largest absolute Gasteiger partial charge is 0.311 e. The number of piperazine rings is 1.